The highest BCUT2D eigenvalue weighted by atomic mass is 35.5. The molecule has 2 aromatic heterocycles. The van der Waals surface area contributed by atoms with Crippen LogP contribution in [0.3, 0.4) is 0 Å². The Morgan fingerprint density at radius 1 is 1.22 bits per heavy atom. The lowest BCUT2D eigenvalue weighted by molar-refractivity contribution is 0.445. The normalized spacial score (nSPS) is 18.5. The molecule has 1 atom stereocenters. The van der Waals surface area contributed by atoms with Gasteiger partial charge in [0.2, 0.25) is 0 Å². The number of benzene rings is 1. The summed E-state index contributed by atoms with van der Waals surface area (Å²) in [6, 6.07) is 7.66. The minimum absolute atomic E-state index is 0.657. The van der Waals surface area contributed by atoms with Gasteiger partial charge in [-0.05, 0) is 30.9 Å². The number of para-hydroxylation sites is 1. The maximum atomic E-state index is 6.31. The Balaban J connectivity index is 1.82. The molecule has 118 valence electrons. The first-order valence-electron chi connectivity index (χ1n) is 7.92. The van der Waals surface area contributed by atoms with E-state index in [9.17, 15) is 0 Å². The Morgan fingerprint density at radius 2 is 2.09 bits per heavy atom. The van der Waals surface area contributed by atoms with Crippen LogP contribution >= 0.6 is 11.6 Å². The van der Waals surface area contributed by atoms with Crippen molar-refractivity contribution < 1.29 is 0 Å². The zero-order valence-electron chi connectivity index (χ0n) is 13.0. The van der Waals surface area contributed by atoms with Gasteiger partial charge < -0.3 is 4.90 Å². The molecule has 0 aliphatic carbocycles. The lowest BCUT2D eigenvalue weighted by atomic mass is 10.0. The van der Waals surface area contributed by atoms with Gasteiger partial charge in [-0.2, -0.15) is 5.10 Å². The van der Waals surface area contributed by atoms with E-state index in [-0.39, 0.29) is 0 Å². The molecule has 3 aromatic rings. The van der Waals surface area contributed by atoms with Crippen LogP contribution in [0.5, 0.6) is 0 Å². The summed E-state index contributed by atoms with van der Waals surface area (Å²) >= 11 is 6.31. The minimum atomic E-state index is 0.657. The molecule has 1 aliphatic rings. The van der Waals surface area contributed by atoms with Gasteiger partial charge in [-0.3, -0.25) is 0 Å². The average Bonchev–Trinajstić information content (AvgIpc) is 2.99. The van der Waals surface area contributed by atoms with Gasteiger partial charge in [-0.15, -0.1) is 0 Å². The highest BCUT2D eigenvalue weighted by Crippen LogP contribution is 2.29. The molecule has 0 spiro atoms. The van der Waals surface area contributed by atoms with E-state index in [0.29, 0.717) is 10.9 Å². The fourth-order valence-electron chi connectivity index (χ4n) is 3.27. The SMILES string of the molecule is C[C@H]1CCCN(c2ncnc3c2cnn3-c2ccccc2Cl)C1. The van der Waals surface area contributed by atoms with Crippen LogP contribution in [0, 0.1) is 5.92 Å². The van der Waals surface area contributed by atoms with Gasteiger partial charge in [0.25, 0.3) is 0 Å². The molecule has 23 heavy (non-hydrogen) atoms. The number of anilines is 1. The lowest BCUT2D eigenvalue weighted by Crippen LogP contribution is -2.34. The second-order valence-corrected chi connectivity index (χ2v) is 6.54. The van der Waals surface area contributed by atoms with Crippen molar-refractivity contribution in [3.63, 3.8) is 0 Å². The summed E-state index contributed by atoms with van der Waals surface area (Å²) in [7, 11) is 0. The van der Waals surface area contributed by atoms with Crippen LogP contribution in [0.4, 0.5) is 5.82 Å². The zero-order valence-corrected chi connectivity index (χ0v) is 13.7. The third-order valence-electron chi connectivity index (χ3n) is 4.38. The first-order chi connectivity index (χ1) is 11.2. The van der Waals surface area contributed by atoms with Gasteiger partial charge in [0.1, 0.15) is 12.1 Å². The minimum Gasteiger partial charge on any atom is -0.356 e. The largest absolute Gasteiger partial charge is 0.356 e. The summed E-state index contributed by atoms with van der Waals surface area (Å²) < 4.78 is 1.79. The van der Waals surface area contributed by atoms with Crippen molar-refractivity contribution in [3.05, 3.63) is 41.8 Å². The maximum Gasteiger partial charge on any atom is 0.168 e. The van der Waals surface area contributed by atoms with Crippen molar-refractivity contribution in [3.8, 4) is 5.69 Å². The Morgan fingerprint density at radius 3 is 2.91 bits per heavy atom. The van der Waals surface area contributed by atoms with Crippen LogP contribution < -0.4 is 4.90 Å². The molecule has 4 rings (SSSR count). The quantitative estimate of drug-likeness (QED) is 0.720. The van der Waals surface area contributed by atoms with E-state index < -0.39 is 0 Å². The van der Waals surface area contributed by atoms with Crippen molar-refractivity contribution in [2.24, 2.45) is 5.92 Å². The number of rotatable bonds is 2. The molecule has 6 heteroatoms. The maximum absolute atomic E-state index is 6.31. The molecule has 0 saturated carbocycles. The number of nitrogens with zero attached hydrogens (tertiary/aromatic N) is 5. The van der Waals surface area contributed by atoms with E-state index in [0.717, 1.165) is 35.6 Å². The molecule has 1 fully saturated rings. The number of halogens is 1. The monoisotopic (exact) mass is 327 g/mol. The third kappa shape index (κ3) is 2.55. The Labute approximate surface area is 139 Å². The van der Waals surface area contributed by atoms with Crippen LogP contribution in [0.15, 0.2) is 36.8 Å². The number of hydrogen-bond acceptors (Lipinski definition) is 4. The van der Waals surface area contributed by atoms with Gasteiger partial charge in [0, 0.05) is 13.1 Å². The van der Waals surface area contributed by atoms with Gasteiger partial charge in [-0.1, -0.05) is 30.7 Å². The summed E-state index contributed by atoms with van der Waals surface area (Å²) in [5, 5.41) is 6.13. The van der Waals surface area contributed by atoms with Crippen molar-refractivity contribution in [1.29, 1.82) is 0 Å². The number of piperidine rings is 1. The van der Waals surface area contributed by atoms with Gasteiger partial charge in [0.15, 0.2) is 5.65 Å². The fourth-order valence-corrected chi connectivity index (χ4v) is 3.48. The zero-order chi connectivity index (χ0) is 15.8. The molecule has 0 bridgehead atoms. The van der Waals surface area contributed by atoms with E-state index in [4.69, 9.17) is 11.6 Å². The molecular formula is C17H18ClN5. The molecule has 5 nitrogen and oxygen atoms in total. The van der Waals surface area contributed by atoms with Crippen molar-refractivity contribution in [2.45, 2.75) is 19.8 Å². The van der Waals surface area contributed by atoms with E-state index in [1.807, 2.05) is 30.5 Å². The number of hydrogen-bond donors (Lipinski definition) is 0. The summed E-state index contributed by atoms with van der Waals surface area (Å²) in [4.78, 5) is 11.3. The molecule has 0 amide bonds. The molecular weight excluding hydrogens is 310 g/mol. The van der Waals surface area contributed by atoms with Crippen LogP contribution in [0.25, 0.3) is 16.7 Å². The van der Waals surface area contributed by atoms with E-state index >= 15 is 0 Å². The van der Waals surface area contributed by atoms with E-state index in [1.54, 1.807) is 11.0 Å². The summed E-state index contributed by atoms with van der Waals surface area (Å²) in [5.41, 5.74) is 1.63. The molecule has 0 unspecified atom stereocenters. The smallest absolute Gasteiger partial charge is 0.168 e. The predicted molar refractivity (Wildman–Crippen MR) is 92.3 cm³/mol. The van der Waals surface area contributed by atoms with Crippen LogP contribution in [0.2, 0.25) is 5.02 Å². The first kappa shape index (κ1) is 14.5. The van der Waals surface area contributed by atoms with Gasteiger partial charge >= 0.3 is 0 Å². The standard InChI is InChI=1S/C17H18ClN5/c1-12-5-4-8-22(10-12)16-13-9-21-23(17(13)20-11-19-16)15-7-3-2-6-14(15)18/h2-3,6-7,9,11-12H,4-5,8,10H2,1H3/t12-/m0/s1. The third-order valence-corrected chi connectivity index (χ3v) is 4.70. The lowest BCUT2D eigenvalue weighted by Gasteiger charge is -2.31. The van der Waals surface area contributed by atoms with Crippen molar-refractivity contribution >= 4 is 28.5 Å². The molecule has 3 heterocycles. The Kier molecular flexibility index (Phi) is 3.65. The average molecular weight is 328 g/mol. The topological polar surface area (TPSA) is 46.8 Å². The molecule has 1 aliphatic heterocycles. The van der Waals surface area contributed by atoms with E-state index in [2.05, 4.69) is 26.9 Å². The summed E-state index contributed by atoms with van der Waals surface area (Å²) in [6.07, 6.45) is 5.94. The predicted octanol–water partition coefficient (Wildman–Crippen LogP) is 3.71. The Hall–Kier alpha value is -2.14. The molecule has 0 radical (unpaired) electrons. The summed E-state index contributed by atoms with van der Waals surface area (Å²) in [5.74, 6) is 1.66. The molecule has 0 N–H and O–H groups in total. The Bertz CT molecular complexity index is 844. The number of fused-ring (bicyclic) bond motifs is 1. The fraction of sp³-hybridized carbons (Fsp3) is 0.353. The molecule has 1 saturated heterocycles. The van der Waals surface area contributed by atoms with Crippen molar-refractivity contribution in [1.82, 2.24) is 19.7 Å². The first-order valence-corrected chi connectivity index (χ1v) is 8.30. The highest BCUT2D eigenvalue weighted by molar-refractivity contribution is 6.32. The van der Waals surface area contributed by atoms with Crippen LogP contribution in [-0.2, 0) is 0 Å². The second-order valence-electron chi connectivity index (χ2n) is 6.14. The molecule has 1 aromatic carbocycles. The highest BCUT2D eigenvalue weighted by Gasteiger charge is 2.21. The van der Waals surface area contributed by atoms with Crippen LogP contribution in [-0.4, -0.2) is 32.8 Å². The van der Waals surface area contributed by atoms with E-state index in [1.165, 1.54) is 12.8 Å². The van der Waals surface area contributed by atoms with Crippen molar-refractivity contribution in [2.75, 3.05) is 18.0 Å². The van der Waals surface area contributed by atoms with Crippen LogP contribution in [0.1, 0.15) is 19.8 Å². The number of aromatic nitrogens is 4. The second kappa shape index (κ2) is 5.81. The van der Waals surface area contributed by atoms with Gasteiger partial charge in [0.05, 0.1) is 22.3 Å². The summed E-state index contributed by atoms with van der Waals surface area (Å²) in [6.45, 7) is 4.36. The van der Waals surface area contributed by atoms with Gasteiger partial charge in [-0.25, -0.2) is 14.6 Å².